The first-order valence-electron chi connectivity index (χ1n) is 13.5. The highest BCUT2D eigenvalue weighted by Crippen LogP contribution is 2.46. The number of nitrogens with zero attached hydrogens (tertiary/aromatic N) is 2. The Kier molecular flexibility index (Phi) is 8.19. The number of hydrogen-bond acceptors (Lipinski definition) is 5. The molecule has 0 saturated carbocycles. The fourth-order valence-electron chi connectivity index (χ4n) is 4.87. The predicted octanol–water partition coefficient (Wildman–Crippen LogP) is 9.42. The highest BCUT2D eigenvalue weighted by Gasteiger charge is 2.47. The van der Waals surface area contributed by atoms with Gasteiger partial charge in [-0.15, -0.1) is 0 Å². The zero-order chi connectivity index (χ0) is 31.7. The van der Waals surface area contributed by atoms with Gasteiger partial charge in [0.15, 0.2) is 11.7 Å². The SMILES string of the molecule is O=C(Nc1cc(Oc2ccc(F)cc2)cc(Oc2ccc(F)cc2)c1)c1nn2c(c1Br)N[C@@H](c1ccccc1)C[C@@H]2C(F)(F)F. The molecule has 0 bridgehead atoms. The number of carbonyl (C=O) groups excluding carboxylic acids is 1. The molecule has 6 rings (SSSR count). The summed E-state index contributed by atoms with van der Waals surface area (Å²) in [5, 5.41) is 9.79. The van der Waals surface area contributed by atoms with E-state index < -0.39 is 35.8 Å². The van der Waals surface area contributed by atoms with Crippen molar-refractivity contribution in [3.63, 3.8) is 0 Å². The molecule has 5 aromatic rings. The second-order valence-corrected chi connectivity index (χ2v) is 10.9. The molecule has 1 aliphatic heterocycles. The van der Waals surface area contributed by atoms with Crippen molar-refractivity contribution in [2.24, 2.45) is 0 Å². The van der Waals surface area contributed by atoms with Gasteiger partial charge >= 0.3 is 6.18 Å². The zero-order valence-corrected chi connectivity index (χ0v) is 24.6. The Morgan fingerprint density at radius 2 is 1.40 bits per heavy atom. The monoisotopic (exact) mass is 684 g/mol. The zero-order valence-electron chi connectivity index (χ0n) is 23.0. The molecule has 45 heavy (non-hydrogen) atoms. The molecule has 2 heterocycles. The van der Waals surface area contributed by atoms with Gasteiger partial charge in [-0.05, 0) is 70.0 Å². The van der Waals surface area contributed by atoms with Crippen LogP contribution in [0.2, 0.25) is 0 Å². The van der Waals surface area contributed by atoms with E-state index >= 15 is 0 Å². The van der Waals surface area contributed by atoms with Crippen LogP contribution in [-0.2, 0) is 0 Å². The van der Waals surface area contributed by atoms with Crippen LogP contribution in [0.25, 0.3) is 0 Å². The van der Waals surface area contributed by atoms with Gasteiger partial charge in [0.05, 0.1) is 10.5 Å². The number of amides is 1. The molecule has 0 saturated heterocycles. The molecular formula is C32H22BrF5N4O3. The third kappa shape index (κ3) is 6.78. The third-order valence-electron chi connectivity index (χ3n) is 6.95. The van der Waals surface area contributed by atoms with Gasteiger partial charge in [0, 0.05) is 30.3 Å². The van der Waals surface area contributed by atoms with Gasteiger partial charge in [-0.2, -0.15) is 18.3 Å². The smallest absolute Gasteiger partial charge is 0.410 e. The third-order valence-corrected chi connectivity index (χ3v) is 7.70. The van der Waals surface area contributed by atoms with Crippen molar-refractivity contribution in [3.8, 4) is 23.0 Å². The molecule has 2 N–H and O–H groups in total. The van der Waals surface area contributed by atoms with Crippen molar-refractivity contribution < 1.29 is 36.2 Å². The summed E-state index contributed by atoms with van der Waals surface area (Å²) in [7, 11) is 0. The number of rotatable bonds is 7. The van der Waals surface area contributed by atoms with Crippen molar-refractivity contribution >= 4 is 33.3 Å². The predicted molar refractivity (Wildman–Crippen MR) is 160 cm³/mol. The Morgan fingerprint density at radius 3 is 1.93 bits per heavy atom. The van der Waals surface area contributed by atoms with Crippen LogP contribution in [0.3, 0.4) is 0 Å². The first-order chi connectivity index (χ1) is 21.5. The van der Waals surface area contributed by atoms with E-state index in [2.05, 4.69) is 31.7 Å². The number of nitrogens with one attached hydrogen (secondary N) is 2. The summed E-state index contributed by atoms with van der Waals surface area (Å²) in [4.78, 5) is 13.5. The number of aromatic nitrogens is 2. The van der Waals surface area contributed by atoms with Crippen LogP contribution in [0.15, 0.2) is 102 Å². The van der Waals surface area contributed by atoms with Crippen LogP contribution in [0.5, 0.6) is 23.0 Å². The normalized spacial score (nSPS) is 16.0. The van der Waals surface area contributed by atoms with Crippen molar-refractivity contribution in [3.05, 3.63) is 124 Å². The highest BCUT2D eigenvalue weighted by molar-refractivity contribution is 9.10. The molecule has 1 aromatic heterocycles. The quantitative estimate of drug-likeness (QED) is 0.167. The van der Waals surface area contributed by atoms with E-state index in [0.29, 0.717) is 5.56 Å². The summed E-state index contributed by atoms with van der Waals surface area (Å²) in [5.41, 5.74) is 0.521. The van der Waals surface area contributed by atoms with Gasteiger partial charge in [0.1, 0.15) is 40.5 Å². The topological polar surface area (TPSA) is 77.4 Å². The molecule has 1 amide bonds. The van der Waals surface area contributed by atoms with Gasteiger partial charge in [-0.1, -0.05) is 30.3 Å². The maximum absolute atomic E-state index is 14.2. The first-order valence-corrected chi connectivity index (χ1v) is 14.3. The van der Waals surface area contributed by atoms with Crippen LogP contribution in [-0.4, -0.2) is 21.9 Å². The summed E-state index contributed by atoms with van der Waals surface area (Å²) < 4.78 is 82.0. The molecule has 230 valence electrons. The molecule has 0 spiro atoms. The summed E-state index contributed by atoms with van der Waals surface area (Å²) in [6.07, 6.45) is -4.97. The van der Waals surface area contributed by atoms with Gasteiger partial charge < -0.3 is 20.1 Å². The minimum Gasteiger partial charge on any atom is -0.457 e. The average Bonchev–Trinajstić information content (AvgIpc) is 3.35. The van der Waals surface area contributed by atoms with E-state index in [9.17, 15) is 26.7 Å². The lowest BCUT2D eigenvalue weighted by molar-refractivity contribution is -0.173. The minimum absolute atomic E-state index is 0.0105. The standard InChI is InChI=1S/C32H22BrF5N4O3/c33-28-29(41-42-27(32(36,37)38)17-26(40-30(28)42)18-4-2-1-3-5-18)31(43)39-21-14-24(44-22-10-6-19(34)7-11-22)16-25(15-21)45-23-12-8-20(35)9-13-23/h1-16,26-27,40H,17H2,(H,39,43)/t26-,27-/m1/s1. The molecule has 4 aromatic carbocycles. The Bertz CT molecular complexity index is 1770. The Labute approximate surface area is 261 Å². The number of ether oxygens (including phenoxy) is 2. The summed E-state index contributed by atoms with van der Waals surface area (Å²) in [5.74, 6) is -0.785. The molecule has 13 heteroatoms. The van der Waals surface area contributed by atoms with E-state index in [1.807, 2.05) is 0 Å². The van der Waals surface area contributed by atoms with E-state index in [4.69, 9.17) is 9.47 Å². The number of hydrogen-bond donors (Lipinski definition) is 2. The number of fused-ring (bicyclic) bond motifs is 1. The minimum atomic E-state index is -4.64. The van der Waals surface area contributed by atoms with Gasteiger partial charge in [-0.25, -0.2) is 13.5 Å². The van der Waals surface area contributed by atoms with Crippen LogP contribution in [0.1, 0.15) is 34.6 Å². The summed E-state index contributed by atoms with van der Waals surface area (Å²) in [6, 6.07) is 20.9. The molecule has 0 unspecified atom stereocenters. The Balaban J connectivity index is 1.31. The second kappa shape index (κ2) is 12.2. The van der Waals surface area contributed by atoms with Gasteiger partial charge in [0.25, 0.3) is 5.91 Å². The molecule has 0 radical (unpaired) electrons. The van der Waals surface area contributed by atoms with Crippen molar-refractivity contribution in [2.75, 3.05) is 10.6 Å². The summed E-state index contributed by atoms with van der Waals surface area (Å²) >= 11 is 3.29. The van der Waals surface area contributed by atoms with Crippen molar-refractivity contribution in [2.45, 2.75) is 24.7 Å². The number of halogens is 6. The number of alkyl halides is 3. The van der Waals surface area contributed by atoms with Gasteiger partial charge in [0.2, 0.25) is 0 Å². The van der Waals surface area contributed by atoms with E-state index in [-0.39, 0.29) is 51.1 Å². The van der Waals surface area contributed by atoms with Crippen LogP contribution in [0, 0.1) is 11.6 Å². The molecule has 0 aliphatic carbocycles. The Hall–Kier alpha value is -4.91. The lowest BCUT2D eigenvalue weighted by Gasteiger charge is -2.33. The molecule has 0 fully saturated rings. The summed E-state index contributed by atoms with van der Waals surface area (Å²) in [6.45, 7) is 0. The second-order valence-electron chi connectivity index (χ2n) is 10.1. The highest BCUT2D eigenvalue weighted by atomic mass is 79.9. The lowest BCUT2D eigenvalue weighted by atomic mass is 9.97. The molecule has 1 aliphatic rings. The number of carbonyl (C=O) groups is 1. The fourth-order valence-corrected chi connectivity index (χ4v) is 5.42. The van der Waals surface area contributed by atoms with E-state index in [1.165, 1.54) is 66.7 Å². The molecular weight excluding hydrogens is 663 g/mol. The maximum atomic E-state index is 14.2. The van der Waals surface area contributed by atoms with E-state index in [0.717, 1.165) is 4.68 Å². The first kappa shape index (κ1) is 30.1. The number of anilines is 2. The van der Waals surface area contributed by atoms with Crippen molar-refractivity contribution in [1.29, 1.82) is 0 Å². The lowest BCUT2D eigenvalue weighted by Crippen LogP contribution is -2.35. The number of benzene rings is 4. The Morgan fingerprint density at radius 1 is 0.844 bits per heavy atom. The van der Waals surface area contributed by atoms with Crippen LogP contribution in [0.4, 0.5) is 33.5 Å². The fraction of sp³-hybridized carbons (Fsp3) is 0.125. The van der Waals surface area contributed by atoms with Crippen LogP contribution >= 0.6 is 15.9 Å². The van der Waals surface area contributed by atoms with E-state index in [1.54, 1.807) is 30.3 Å². The van der Waals surface area contributed by atoms with Crippen LogP contribution < -0.4 is 20.1 Å². The van der Waals surface area contributed by atoms with Crippen molar-refractivity contribution in [1.82, 2.24) is 9.78 Å². The molecule has 7 nitrogen and oxygen atoms in total. The molecule has 2 atom stereocenters. The largest absolute Gasteiger partial charge is 0.457 e. The van der Waals surface area contributed by atoms with Gasteiger partial charge in [-0.3, -0.25) is 4.79 Å². The maximum Gasteiger partial charge on any atom is 0.410 e. The average molecular weight is 685 g/mol.